The summed E-state index contributed by atoms with van der Waals surface area (Å²) in [5.74, 6) is 0.439. The molecule has 1 aliphatic rings. The molecule has 108 valence electrons. The molecule has 1 fully saturated rings. The minimum absolute atomic E-state index is 0.0723. The van der Waals surface area contributed by atoms with Crippen LogP contribution >= 0.6 is 0 Å². The van der Waals surface area contributed by atoms with Crippen LogP contribution in [0.4, 0.5) is 0 Å². The van der Waals surface area contributed by atoms with Gasteiger partial charge in [0.05, 0.1) is 12.0 Å². The van der Waals surface area contributed by atoms with E-state index in [1.165, 1.54) is 31.4 Å². The molecule has 0 saturated heterocycles. The Morgan fingerprint density at radius 1 is 1.37 bits per heavy atom. The van der Waals surface area contributed by atoms with E-state index in [1.54, 1.807) is 0 Å². The van der Waals surface area contributed by atoms with Gasteiger partial charge in [-0.3, -0.25) is 0 Å². The van der Waals surface area contributed by atoms with Crippen LogP contribution in [0.25, 0.3) is 0 Å². The molecule has 1 aromatic rings. The molecule has 0 aliphatic heterocycles. The fourth-order valence-corrected chi connectivity index (χ4v) is 3.18. The van der Waals surface area contributed by atoms with Crippen LogP contribution in [-0.4, -0.2) is 34.1 Å². The molecule has 0 aromatic carbocycles. The summed E-state index contributed by atoms with van der Waals surface area (Å²) in [4.78, 5) is 6.72. The summed E-state index contributed by atoms with van der Waals surface area (Å²) in [5, 5.41) is 0. The number of aromatic nitrogens is 2. The molecule has 0 bridgehead atoms. The molecule has 1 unspecified atom stereocenters. The maximum Gasteiger partial charge on any atom is 0.0949 e. The van der Waals surface area contributed by atoms with E-state index in [4.69, 9.17) is 5.73 Å². The Balaban J connectivity index is 2.21. The zero-order valence-electron chi connectivity index (χ0n) is 12.8. The van der Waals surface area contributed by atoms with Crippen LogP contribution in [0, 0.1) is 5.92 Å². The largest absolute Gasteiger partial charge is 0.331 e. The van der Waals surface area contributed by atoms with Crippen LogP contribution in [0.2, 0.25) is 0 Å². The Morgan fingerprint density at radius 2 is 2.00 bits per heavy atom. The number of hydrogen-bond donors (Lipinski definition) is 1. The smallest absolute Gasteiger partial charge is 0.0949 e. The van der Waals surface area contributed by atoms with Gasteiger partial charge in [-0.25, -0.2) is 4.98 Å². The van der Waals surface area contributed by atoms with Crippen molar-refractivity contribution in [2.24, 2.45) is 11.7 Å². The van der Waals surface area contributed by atoms with Gasteiger partial charge in [0, 0.05) is 24.3 Å². The second kappa shape index (κ2) is 5.63. The van der Waals surface area contributed by atoms with Gasteiger partial charge < -0.3 is 15.2 Å². The zero-order valence-corrected chi connectivity index (χ0v) is 12.8. The van der Waals surface area contributed by atoms with Crippen molar-refractivity contribution >= 4 is 0 Å². The van der Waals surface area contributed by atoms with Gasteiger partial charge in [0.15, 0.2) is 0 Å². The van der Waals surface area contributed by atoms with Gasteiger partial charge in [-0.05, 0) is 32.9 Å². The number of imidazole rings is 1. The van der Waals surface area contributed by atoms with Gasteiger partial charge >= 0.3 is 0 Å². The van der Waals surface area contributed by atoms with E-state index in [-0.39, 0.29) is 11.6 Å². The average Bonchev–Trinajstić information content (AvgIpc) is 2.98. The minimum atomic E-state index is 0.0723. The highest BCUT2D eigenvalue weighted by atomic mass is 15.2. The molecule has 1 saturated carbocycles. The topological polar surface area (TPSA) is 47.1 Å². The lowest BCUT2D eigenvalue weighted by atomic mass is 9.95. The van der Waals surface area contributed by atoms with Gasteiger partial charge in [0.2, 0.25) is 0 Å². The van der Waals surface area contributed by atoms with Crippen molar-refractivity contribution in [1.82, 2.24) is 14.5 Å². The number of hydrogen-bond acceptors (Lipinski definition) is 3. The minimum Gasteiger partial charge on any atom is -0.331 e. The lowest BCUT2D eigenvalue weighted by molar-refractivity contribution is 0.132. The van der Waals surface area contributed by atoms with E-state index in [0.717, 1.165) is 6.54 Å². The molecule has 1 aromatic heterocycles. The fraction of sp³-hybridized carbons (Fsp3) is 0.800. The highest BCUT2D eigenvalue weighted by Crippen LogP contribution is 2.36. The highest BCUT2D eigenvalue weighted by Gasteiger charge is 2.36. The van der Waals surface area contributed by atoms with E-state index in [0.29, 0.717) is 5.92 Å². The van der Waals surface area contributed by atoms with Gasteiger partial charge in [-0.15, -0.1) is 0 Å². The normalized spacial score (nSPS) is 20.4. The summed E-state index contributed by atoms with van der Waals surface area (Å²) >= 11 is 0. The maximum atomic E-state index is 6.30. The standard InChI is InChI=1S/C15H28N4/c1-12(2)14(16)13-9-17-11-19(13)10-15(18(3)4)7-5-6-8-15/h9,11-12,14H,5-8,10,16H2,1-4H3. The first-order valence-electron chi connectivity index (χ1n) is 7.39. The SMILES string of the molecule is CC(C)C(N)c1cncn1CC1(N(C)C)CCCC1. The molecule has 0 amide bonds. The molecule has 1 aliphatic carbocycles. The van der Waals surface area contributed by atoms with Gasteiger partial charge in [0.1, 0.15) is 0 Å². The molecule has 1 atom stereocenters. The summed E-state index contributed by atoms with van der Waals surface area (Å²) in [6.45, 7) is 5.34. The van der Waals surface area contributed by atoms with Gasteiger partial charge in [0.25, 0.3) is 0 Å². The molecule has 2 N–H and O–H groups in total. The highest BCUT2D eigenvalue weighted by molar-refractivity contribution is 5.07. The van der Waals surface area contributed by atoms with Crippen molar-refractivity contribution in [2.75, 3.05) is 14.1 Å². The molecule has 19 heavy (non-hydrogen) atoms. The Hall–Kier alpha value is -0.870. The summed E-state index contributed by atoms with van der Waals surface area (Å²) in [7, 11) is 4.40. The van der Waals surface area contributed by atoms with Crippen LogP contribution < -0.4 is 5.73 Å². The third-order valence-corrected chi connectivity index (χ3v) is 4.75. The van der Waals surface area contributed by atoms with Crippen molar-refractivity contribution in [2.45, 2.75) is 57.7 Å². The first-order chi connectivity index (χ1) is 8.96. The fourth-order valence-electron chi connectivity index (χ4n) is 3.18. The van der Waals surface area contributed by atoms with Gasteiger partial charge in [-0.2, -0.15) is 0 Å². The van der Waals surface area contributed by atoms with Crippen LogP contribution in [-0.2, 0) is 6.54 Å². The number of rotatable bonds is 5. The van der Waals surface area contributed by atoms with Crippen molar-refractivity contribution in [1.29, 1.82) is 0 Å². The average molecular weight is 264 g/mol. The number of nitrogens with two attached hydrogens (primary N) is 1. The van der Waals surface area contributed by atoms with Crippen molar-refractivity contribution < 1.29 is 0 Å². The van der Waals surface area contributed by atoms with Crippen LogP contribution in [0.5, 0.6) is 0 Å². The second-order valence-corrected chi connectivity index (χ2v) is 6.54. The Labute approximate surface area is 117 Å². The molecule has 0 radical (unpaired) electrons. The lowest BCUT2D eigenvalue weighted by Crippen LogP contribution is -2.45. The van der Waals surface area contributed by atoms with E-state index in [2.05, 4.69) is 42.4 Å². The van der Waals surface area contributed by atoms with E-state index in [1.807, 2.05) is 12.5 Å². The maximum absolute atomic E-state index is 6.30. The summed E-state index contributed by atoms with van der Waals surface area (Å²) in [5.41, 5.74) is 7.76. The number of likely N-dealkylation sites (N-methyl/N-ethyl adjacent to an activating group) is 1. The number of nitrogens with zero attached hydrogens (tertiary/aromatic N) is 3. The Kier molecular flexibility index (Phi) is 4.31. The summed E-state index contributed by atoms with van der Waals surface area (Å²) in [6.07, 6.45) is 9.09. The van der Waals surface area contributed by atoms with E-state index in [9.17, 15) is 0 Å². The zero-order chi connectivity index (χ0) is 14.0. The molecular weight excluding hydrogens is 236 g/mol. The van der Waals surface area contributed by atoms with Crippen molar-refractivity contribution in [3.05, 3.63) is 18.2 Å². The van der Waals surface area contributed by atoms with Crippen molar-refractivity contribution in [3.63, 3.8) is 0 Å². The van der Waals surface area contributed by atoms with Crippen molar-refractivity contribution in [3.8, 4) is 0 Å². The monoisotopic (exact) mass is 264 g/mol. The van der Waals surface area contributed by atoms with Crippen LogP contribution in [0.15, 0.2) is 12.5 Å². The quantitative estimate of drug-likeness (QED) is 0.888. The van der Waals surface area contributed by atoms with Crippen LogP contribution in [0.3, 0.4) is 0 Å². The summed E-state index contributed by atoms with van der Waals surface area (Å²) < 4.78 is 2.27. The third kappa shape index (κ3) is 2.84. The molecular formula is C15H28N4. The first kappa shape index (κ1) is 14.5. The Bertz CT molecular complexity index is 402. The van der Waals surface area contributed by atoms with Gasteiger partial charge in [-0.1, -0.05) is 26.7 Å². The first-order valence-corrected chi connectivity index (χ1v) is 7.39. The molecule has 1 heterocycles. The van der Waals surface area contributed by atoms with E-state index >= 15 is 0 Å². The van der Waals surface area contributed by atoms with Crippen LogP contribution in [0.1, 0.15) is 51.3 Å². The van der Waals surface area contributed by atoms with E-state index < -0.39 is 0 Å². The second-order valence-electron chi connectivity index (χ2n) is 6.54. The summed E-state index contributed by atoms with van der Waals surface area (Å²) in [6, 6.07) is 0.0723. The Morgan fingerprint density at radius 3 is 2.53 bits per heavy atom. The third-order valence-electron chi connectivity index (χ3n) is 4.75. The lowest BCUT2D eigenvalue weighted by Gasteiger charge is -2.37. The predicted molar refractivity (Wildman–Crippen MR) is 78.9 cm³/mol. The molecule has 2 rings (SSSR count). The molecule has 0 spiro atoms. The molecule has 4 nitrogen and oxygen atoms in total. The molecule has 4 heteroatoms. The predicted octanol–water partition coefficient (Wildman–Crippen LogP) is 2.41.